The molecule has 6 heteroatoms. The summed E-state index contributed by atoms with van der Waals surface area (Å²) in [6, 6.07) is 18.1. The Morgan fingerprint density at radius 2 is 1.90 bits per heavy atom. The van der Waals surface area contributed by atoms with E-state index in [4.69, 9.17) is 14.6 Å². The molecule has 1 heterocycles. The lowest BCUT2D eigenvalue weighted by molar-refractivity contribution is 0.0936. The van der Waals surface area contributed by atoms with Crippen LogP contribution in [0.1, 0.15) is 18.1 Å². The highest BCUT2D eigenvalue weighted by Gasteiger charge is 2.22. The molecule has 0 aliphatic rings. The lowest BCUT2D eigenvalue weighted by atomic mass is 10.1. The van der Waals surface area contributed by atoms with E-state index in [-0.39, 0.29) is 0 Å². The smallest absolute Gasteiger partial charge is 0.222 e. The van der Waals surface area contributed by atoms with Gasteiger partial charge in [-0.3, -0.25) is 4.90 Å². The molecule has 0 bridgehead atoms. The van der Waals surface area contributed by atoms with Gasteiger partial charge in [0.15, 0.2) is 0 Å². The Morgan fingerprint density at radius 3 is 2.57 bits per heavy atom. The number of hydrogen-bond donors (Lipinski definition) is 1. The zero-order chi connectivity index (χ0) is 21.5. The minimum absolute atomic E-state index is 0.445. The molecule has 0 saturated carbocycles. The van der Waals surface area contributed by atoms with E-state index in [2.05, 4.69) is 17.0 Å². The summed E-state index contributed by atoms with van der Waals surface area (Å²) >= 11 is 0. The largest absolute Gasteiger partial charge is 0.439 e. The molecule has 3 aromatic rings. The summed E-state index contributed by atoms with van der Waals surface area (Å²) < 4.78 is 13.4. The number of ether oxygens (including phenoxy) is 2. The molecule has 1 atom stereocenters. The summed E-state index contributed by atoms with van der Waals surface area (Å²) in [6.45, 7) is 6.26. The molecule has 3 rings (SSSR count). The van der Waals surface area contributed by atoms with E-state index in [1.807, 2.05) is 56.4 Å². The van der Waals surface area contributed by atoms with Gasteiger partial charge in [-0.15, -0.1) is 0 Å². The summed E-state index contributed by atoms with van der Waals surface area (Å²) in [6.07, 6.45) is -0.445. The van der Waals surface area contributed by atoms with Crippen molar-refractivity contribution < 1.29 is 14.6 Å². The minimum atomic E-state index is -0.445. The molecule has 0 fully saturated rings. The molecule has 30 heavy (non-hydrogen) atoms. The van der Waals surface area contributed by atoms with Crippen molar-refractivity contribution in [3.8, 4) is 22.9 Å². The molecule has 1 aromatic heterocycles. The first-order valence-electron chi connectivity index (χ1n) is 10.2. The van der Waals surface area contributed by atoms with Gasteiger partial charge in [0.25, 0.3) is 0 Å². The zero-order valence-electron chi connectivity index (χ0n) is 18.2. The van der Waals surface area contributed by atoms with Crippen LogP contribution >= 0.6 is 0 Å². The van der Waals surface area contributed by atoms with E-state index in [1.165, 1.54) is 0 Å². The van der Waals surface area contributed by atoms with Crippen LogP contribution < -0.4 is 4.74 Å². The molecular weight excluding hydrogens is 378 g/mol. The predicted octanol–water partition coefficient (Wildman–Crippen LogP) is 4.02. The summed E-state index contributed by atoms with van der Waals surface area (Å²) in [4.78, 5) is 2.17. The van der Waals surface area contributed by atoms with E-state index < -0.39 is 6.10 Å². The van der Waals surface area contributed by atoms with Crippen LogP contribution in [0.15, 0.2) is 54.6 Å². The van der Waals surface area contributed by atoms with E-state index in [9.17, 15) is 5.11 Å². The van der Waals surface area contributed by atoms with Gasteiger partial charge in [-0.2, -0.15) is 5.10 Å². The van der Waals surface area contributed by atoms with Crippen molar-refractivity contribution in [3.63, 3.8) is 0 Å². The summed E-state index contributed by atoms with van der Waals surface area (Å²) in [5.41, 5.74) is 4.04. The number of benzene rings is 2. The Kier molecular flexibility index (Phi) is 7.63. The zero-order valence-corrected chi connectivity index (χ0v) is 18.2. The fourth-order valence-corrected chi connectivity index (χ4v) is 3.49. The molecule has 160 valence electrons. The van der Waals surface area contributed by atoms with E-state index in [0.717, 1.165) is 28.1 Å². The van der Waals surface area contributed by atoms with Crippen molar-refractivity contribution in [2.45, 2.75) is 26.5 Å². The highest BCUT2D eigenvalue weighted by molar-refractivity contribution is 5.65. The Bertz CT molecular complexity index is 938. The Balaban J connectivity index is 2.01. The SMILES string of the molecule is COCCN(Cc1c(-c2ccccc2)nn(C)c1Oc1cccc(C)c1)C[C@@H](C)O. The van der Waals surface area contributed by atoms with Gasteiger partial charge >= 0.3 is 0 Å². The predicted molar refractivity (Wildman–Crippen MR) is 119 cm³/mol. The van der Waals surface area contributed by atoms with E-state index in [0.29, 0.717) is 32.1 Å². The van der Waals surface area contributed by atoms with Crippen LogP contribution in [0.2, 0.25) is 0 Å². The Labute approximate surface area is 178 Å². The van der Waals surface area contributed by atoms with Crippen molar-refractivity contribution >= 4 is 0 Å². The highest BCUT2D eigenvalue weighted by Crippen LogP contribution is 2.34. The summed E-state index contributed by atoms with van der Waals surface area (Å²) in [5, 5.41) is 14.8. The van der Waals surface area contributed by atoms with E-state index in [1.54, 1.807) is 18.7 Å². The van der Waals surface area contributed by atoms with Crippen LogP contribution in [0, 0.1) is 6.92 Å². The molecule has 2 aromatic carbocycles. The van der Waals surface area contributed by atoms with Crippen LogP contribution in [0.5, 0.6) is 11.6 Å². The number of hydrogen-bond acceptors (Lipinski definition) is 5. The lowest BCUT2D eigenvalue weighted by Gasteiger charge is -2.24. The molecule has 0 aliphatic carbocycles. The van der Waals surface area contributed by atoms with Gasteiger partial charge in [-0.25, -0.2) is 4.68 Å². The minimum Gasteiger partial charge on any atom is -0.439 e. The normalized spacial score (nSPS) is 12.3. The van der Waals surface area contributed by atoms with Gasteiger partial charge in [-0.05, 0) is 31.5 Å². The number of methoxy groups -OCH3 is 1. The average molecular weight is 410 g/mol. The van der Waals surface area contributed by atoms with Crippen molar-refractivity contribution in [2.75, 3.05) is 26.8 Å². The van der Waals surface area contributed by atoms with Crippen molar-refractivity contribution in [3.05, 3.63) is 65.7 Å². The van der Waals surface area contributed by atoms with Gasteiger partial charge in [0.05, 0.1) is 18.3 Å². The van der Waals surface area contributed by atoms with Gasteiger partial charge < -0.3 is 14.6 Å². The summed E-state index contributed by atoms with van der Waals surface area (Å²) in [5.74, 6) is 1.48. The second-order valence-electron chi connectivity index (χ2n) is 7.62. The van der Waals surface area contributed by atoms with Crippen LogP contribution in [0.3, 0.4) is 0 Å². The fourth-order valence-electron chi connectivity index (χ4n) is 3.49. The van der Waals surface area contributed by atoms with Crippen molar-refractivity contribution in [1.29, 1.82) is 0 Å². The maximum atomic E-state index is 9.99. The number of aryl methyl sites for hydroxylation is 2. The molecule has 0 spiro atoms. The second-order valence-corrected chi connectivity index (χ2v) is 7.62. The average Bonchev–Trinajstić information content (AvgIpc) is 3.02. The summed E-state index contributed by atoms with van der Waals surface area (Å²) in [7, 11) is 3.58. The molecule has 0 saturated heterocycles. The van der Waals surface area contributed by atoms with Crippen LogP contribution in [0.4, 0.5) is 0 Å². The molecular formula is C24H31N3O3. The standard InChI is InChI=1S/C24H31N3O3/c1-18-9-8-12-21(15-18)30-24-22(17-27(13-14-29-4)16-19(2)28)23(25-26(24)3)20-10-6-5-7-11-20/h5-12,15,19,28H,13-14,16-17H2,1-4H3/t19-/m1/s1. The van der Waals surface area contributed by atoms with Gasteiger partial charge in [0, 0.05) is 39.4 Å². The maximum Gasteiger partial charge on any atom is 0.222 e. The van der Waals surface area contributed by atoms with Crippen molar-refractivity contribution in [1.82, 2.24) is 14.7 Å². The van der Waals surface area contributed by atoms with Crippen LogP contribution in [0.25, 0.3) is 11.3 Å². The third-order valence-electron chi connectivity index (χ3n) is 4.85. The number of aromatic nitrogens is 2. The maximum absolute atomic E-state index is 9.99. The molecule has 0 aliphatic heterocycles. The van der Waals surface area contributed by atoms with Gasteiger partial charge in [-0.1, -0.05) is 42.5 Å². The monoisotopic (exact) mass is 409 g/mol. The topological polar surface area (TPSA) is 59.8 Å². The van der Waals surface area contributed by atoms with Gasteiger partial charge in [0.2, 0.25) is 5.88 Å². The fraction of sp³-hybridized carbons (Fsp3) is 0.375. The molecule has 0 unspecified atom stereocenters. The third kappa shape index (κ3) is 5.69. The lowest BCUT2D eigenvalue weighted by Crippen LogP contribution is -2.33. The van der Waals surface area contributed by atoms with Crippen LogP contribution in [-0.2, 0) is 18.3 Å². The van der Waals surface area contributed by atoms with Crippen molar-refractivity contribution in [2.24, 2.45) is 7.05 Å². The first kappa shape index (κ1) is 22.0. The third-order valence-corrected chi connectivity index (χ3v) is 4.85. The number of aliphatic hydroxyl groups excluding tert-OH is 1. The Hall–Kier alpha value is -2.67. The van der Waals surface area contributed by atoms with Crippen LogP contribution in [-0.4, -0.2) is 52.7 Å². The number of rotatable bonds is 10. The highest BCUT2D eigenvalue weighted by atomic mass is 16.5. The number of nitrogens with zero attached hydrogens (tertiary/aromatic N) is 3. The van der Waals surface area contributed by atoms with Gasteiger partial charge in [0.1, 0.15) is 11.4 Å². The molecule has 0 amide bonds. The molecule has 0 radical (unpaired) electrons. The second kappa shape index (κ2) is 10.4. The first-order valence-corrected chi connectivity index (χ1v) is 10.2. The first-order chi connectivity index (χ1) is 14.5. The number of aliphatic hydroxyl groups is 1. The quantitative estimate of drug-likeness (QED) is 0.548. The molecule has 1 N–H and O–H groups in total. The molecule has 6 nitrogen and oxygen atoms in total. The Morgan fingerprint density at radius 1 is 1.13 bits per heavy atom. The van der Waals surface area contributed by atoms with E-state index >= 15 is 0 Å².